The molecule has 0 aliphatic heterocycles. The van der Waals surface area contributed by atoms with Crippen LogP contribution in [0.5, 0.6) is 0 Å². The highest BCUT2D eigenvalue weighted by Crippen LogP contribution is 2.21. The minimum Gasteiger partial charge on any atom is -0.258 e. The summed E-state index contributed by atoms with van der Waals surface area (Å²) in [6, 6.07) is 11.4. The van der Waals surface area contributed by atoms with E-state index in [2.05, 4.69) is 0 Å². The van der Waals surface area contributed by atoms with Crippen molar-refractivity contribution in [1.82, 2.24) is 0 Å². The third-order valence-electron chi connectivity index (χ3n) is 2.55. The second kappa shape index (κ2) is 5.71. The summed E-state index contributed by atoms with van der Waals surface area (Å²) in [6.45, 7) is 0. The predicted octanol–water partition coefficient (Wildman–Crippen LogP) is 3.04. The molecule has 0 aromatic heterocycles. The molecular formula is C13H10FNO3S. The maximum Gasteiger partial charge on any atom is 0.273 e. The monoisotopic (exact) mass is 279 g/mol. The van der Waals surface area contributed by atoms with E-state index in [1.807, 2.05) is 0 Å². The van der Waals surface area contributed by atoms with Gasteiger partial charge in [-0.2, -0.15) is 0 Å². The second-order valence-electron chi connectivity index (χ2n) is 3.83. The van der Waals surface area contributed by atoms with E-state index in [-0.39, 0.29) is 11.4 Å². The van der Waals surface area contributed by atoms with Gasteiger partial charge in [0.05, 0.1) is 21.5 Å². The molecule has 19 heavy (non-hydrogen) atoms. The lowest BCUT2D eigenvalue weighted by molar-refractivity contribution is -0.385. The highest BCUT2D eigenvalue weighted by molar-refractivity contribution is 7.84. The SMILES string of the molecule is O=[N+]([O-])c1ccccc1CS(=O)c1ccc(F)cc1. The van der Waals surface area contributed by atoms with Crippen molar-refractivity contribution >= 4 is 16.5 Å². The van der Waals surface area contributed by atoms with Crippen LogP contribution in [0.3, 0.4) is 0 Å². The minimum absolute atomic E-state index is 0.0305. The van der Waals surface area contributed by atoms with E-state index in [1.165, 1.54) is 30.3 Å². The first-order valence-electron chi connectivity index (χ1n) is 5.44. The van der Waals surface area contributed by atoms with E-state index in [9.17, 15) is 18.7 Å². The number of hydrogen-bond acceptors (Lipinski definition) is 3. The summed E-state index contributed by atoms with van der Waals surface area (Å²) in [7, 11) is -1.44. The van der Waals surface area contributed by atoms with Crippen molar-refractivity contribution in [3.8, 4) is 0 Å². The van der Waals surface area contributed by atoms with Crippen LogP contribution < -0.4 is 0 Å². The lowest BCUT2D eigenvalue weighted by Crippen LogP contribution is -2.00. The van der Waals surface area contributed by atoms with Gasteiger partial charge in [-0.25, -0.2) is 4.39 Å². The summed E-state index contributed by atoms with van der Waals surface area (Å²) >= 11 is 0. The van der Waals surface area contributed by atoms with Gasteiger partial charge in [-0.1, -0.05) is 18.2 Å². The van der Waals surface area contributed by atoms with Crippen LogP contribution >= 0.6 is 0 Å². The molecule has 0 spiro atoms. The average molecular weight is 279 g/mol. The number of halogens is 1. The first-order valence-corrected chi connectivity index (χ1v) is 6.76. The number of nitrogens with zero attached hydrogens (tertiary/aromatic N) is 1. The molecule has 0 bridgehead atoms. The molecule has 0 amide bonds. The Kier molecular flexibility index (Phi) is 4.01. The Morgan fingerprint density at radius 3 is 2.37 bits per heavy atom. The van der Waals surface area contributed by atoms with Crippen LogP contribution in [0.25, 0.3) is 0 Å². The van der Waals surface area contributed by atoms with Crippen molar-refractivity contribution in [3.63, 3.8) is 0 Å². The topological polar surface area (TPSA) is 60.2 Å². The summed E-state index contributed by atoms with van der Waals surface area (Å²) in [6.07, 6.45) is 0. The zero-order valence-electron chi connectivity index (χ0n) is 9.78. The van der Waals surface area contributed by atoms with Gasteiger partial charge in [0.2, 0.25) is 0 Å². The van der Waals surface area contributed by atoms with E-state index in [0.717, 1.165) is 0 Å². The van der Waals surface area contributed by atoms with E-state index >= 15 is 0 Å². The molecule has 4 nitrogen and oxygen atoms in total. The van der Waals surface area contributed by atoms with Crippen LogP contribution in [0.4, 0.5) is 10.1 Å². The molecule has 0 radical (unpaired) electrons. The fourth-order valence-electron chi connectivity index (χ4n) is 1.62. The molecule has 0 heterocycles. The highest BCUT2D eigenvalue weighted by atomic mass is 32.2. The Labute approximate surface area is 111 Å². The third kappa shape index (κ3) is 3.23. The Bertz CT molecular complexity index is 628. The first kappa shape index (κ1) is 13.4. The van der Waals surface area contributed by atoms with Crippen molar-refractivity contribution in [3.05, 3.63) is 70.0 Å². The fraction of sp³-hybridized carbons (Fsp3) is 0.0769. The van der Waals surface area contributed by atoms with Crippen LogP contribution in [0, 0.1) is 15.9 Å². The van der Waals surface area contributed by atoms with Gasteiger partial charge in [0, 0.05) is 16.5 Å². The standard InChI is InChI=1S/C13H10FNO3S/c14-11-5-7-12(8-6-11)19(18)9-10-3-1-2-4-13(10)15(16)17/h1-8H,9H2. The maximum absolute atomic E-state index is 12.8. The van der Waals surface area contributed by atoms with Crippen LogP contribution in [0.1, 0.15) is 5.56 Å². The maximum atomic E-state index is 12.8. The summed E-state index contributed by atoms with van der Waals surface area (Å²) in [5.41, 5.74) is 0.341. The number of rotatable bonds is 4. The smallest absolute Gasteiger partial charge is 0.258 e. The molecule has 0 aliphatic rings. The van der Waals surface area contributed by atoms with Crippen molar-refractivity contribution < 1.29 is 13.5 Å². The molecule has 0 aliphatic carbocycles. The van der Waals surface area contributed by atoms with Gasteiger partial charge in [0.15, 0.2) is 0 Å². The van der Waals surface area contributed by atoms with E-state index in [0.29, 0.717) is 10.5 Å². The summed E-state index contributed by atoms with van der Waals surface area (Å²) in [5.74, 6) is -0.380. The number of nitro groups is 1. The molecule has 0 saturated heterocycles. The van der Waals surface area contributed by atoms with E-state index < -0.39 is 21.5 Å². The number of nitro benzene ring substituents is 1. The van der Waals surface area contributed by atoms with Gasteiger partial charge in [-0.05, 0) is 24.3 Å². The predicted molar refractivity (Wildman–Crippen MR) is 69.6 cm³/mol. The van der Waals surface area contributed by atoms with Gasteiger partial charge in [-0.15, -0.1) is 0 Å². The van der Waals surface area contributed by atoms with Crippen LogP contribution in [0.2, 0.25) is 0 Å². The van der Waals surface area contributed by atoms with E-state index in [4.69, 9.17) is 0 Å². The lowest BCUT2D eigenvalue weighted by atomic mass is 10.2. The van der Waals surface area contributed by atoms with Crippen LogP contribution in [0.15, 0.2) is 53.4 Å². The van der Waals surface area contributed by atoms with Gasteiger partial charge in [0.1, 0.15) is 5.82 Å². The van der Waals surface area contributed by atoms with Crippen molar-refractivity contribution in [2.45, 2.75) is 10.6 Å². The van der Waals surface area contributed by atoms with Gasteiger partial charge >= 0.3 is 0 Å². The molecule has 0 N–H and O–H groups in total. The second-order valence-corrected chi connectivity index (χ2v) is 5.28. The normalized spacial score (nSPS) is 12.1. The molecule has 1 atom stereocenters. The minimum atomic E-state index is -1.44. The number of hydrogen-bond donors (Lipinski definition) is 0. The third-order valence-corrected chi connectivity index (χ3v) is 3.92. The van der Waals surface area contributed by atoms with Gasteiger partial charge in [0.25, 0.3) is 5.69 Å². The molecule has 0 saturated carbocycles. The fourth-order valence-corrected chi connectivity index (χ4v) is 2.75. The van der Waals surface area contributed by atoms with Gasteiger partial charge < -0.3 is 0 Å². The molecule has 1 unspecified atom stereocenters. The average Bonchev–Trinajstić information content (AvgIpc) is 2.39. The Balaban J connectivity index is 2.24. The highest BCUT2D eigenvalue weighted by Gasteiger charge is 2.15. The molecule has 0 fully saturated rings. The van der Waals surface area contributed by atoms with Crippen LogP contribution in [-0.2, 0) is 16.6 Å². The van der Waals surface area contributed by atoms with Crippen molar-refractivity contribution in [2.75, 3.05) is 0 Å². The number of benzene rings is 2. The first-order chi connectivity index (χ1) is 9.08. The largest absolute Gasteiger partial charge is 0.273 e. The summed E-state index contributed by atoms with van der Waals surface area (Å²) in [5, 5.41) is 10.8. The quantitative estimate of drug-likeness (QED) is 0.638. The Morgan fingerprint density at radius 1 is 1.11 bits per heavy atom. The van der Waals surface area contributed by atoms with Crippen molar-refractivity contribution in [1.29, 1.82) is 0 Å². The summed E-state index contributed by atoms with van der Waals surface area (Å²) < 4.78 is 24.8. The molecule has 2 rings (SSSR count). The zero-order valence-corrected chi connectivity index (χ0v) is 10.6. The molecular weight excluding hydrogens is 269 g/mol. The zero-order chi connectivity index (χ0) is 13.8. The Morgan fingerprint density at radius 2 is 1.74 bits per heavy atom. The van der Waals surface area contributed by atoms with Crippen LogP contribution in [-0.4, -0.2) is 9.13 Å². The van der Waals surface area contributed by atoms with E-state index in [1.54, 1.807) is 18.2 Å². The van der Waals surface area contributed by atoms with Gasteiger partial charge in [-0.3, -0.25) is 14.3 Å². The molecule has 2 aromatic carbocycles. The molecule has 6 heteroatoms. The molecule has 2 aromatic rings. The lowest BCUT2D eigenvalue weighted by Gasteiger charge is -2.03. The molecule has 98 valence electrons. The van der Waals surface area contributed by atoms with Crippen molar-refractivity contribution in [2.24, 2.45) is 0 Å². The summed E-state index contributed by atoms with van der Waals surface area (Å²) in [4.78, 5) is 10.8. The Hall–Kier alpha value is -2.08. The number of para-hydroxylation sites is 1.